The highest BCUT2D eigenvalue weighted by molar-refractivity contribution is 7.92. The zero-order valence-corrected chi connectivity index (χ0v) is 13.9. The Labute approximate surface area is 126 Å². The fraction of sp³-hybridized carbons (Fsp3) is 0.857. The normalized spacial score (nSPS) is 27.1. The van der Waals surface area contributed by atoms with Crippen LogP contribution < -0.4 is 5.32 Å². The molecule has 122 valence electrons. The molecule has 0 radical (unpaired) electrons. The lowest BCUT2D eigenvalue weighted by molar-refractivity contribution is -0.151. The monoisotopic (exact) mass is 319 g/mol. The van der Waals surface area contributed by atoms with Crippen LogP contribution in [0.2, 0.25) is 0 Å². The highest BCUT2D eigenvalue weighted by Crippen LogP contribution is 2.38. The van der Waals surface area contributed by atoms with Gasteiger partial charge in [0.1, 0.15) is 4.75 Å². The zero-order valence-electron chi connectivity index (χ0n) is 13.1. The SMILES string of the molecule is CC1CCC(CNC(=O)C(C)(C)S(C)(=O)=O)(C(=O)O)CC1. The smallest absolute Gasteiger partial charge is 0.311 e. The van der Waals surface area contributed by atoms with E-state index in [0.29, 0.717) is 18.8 Å². The van der Waals surface area contributed by atoms with E-state index in [1.807, 2.05) is 0 Å². The van der Waals surface area contributed by atoms with Gasteiger partial charge in [0.05, 0.1) is 5.41 Å². The first kappa shape index (κ1) is 17.9. The summed E-state index contributed by atoms with van der Waals surface area (Å²) in [6.45, 7) is 4.71. The van der Waals surface area contributed by atoms with E-state index in [1.165, 1.54) is 13.8 Å². The van der Waals surface area contributed by atoms with E-state index in [1.54, 1.807) is 0 Å². The van der Waals surface area contributed by atoms with Crippen LogP contribution in [-0.2, 0) is 19.4 Å². The standard InChI is InChI=1S/C14H25NO5S/c1-10-5-7-14(8-6-10,12(17)18)9-15-11(16)13(2,3)21(4,19)20/h10H,5-9H2,1-4H3,(H,15,16)(H,17,18). The van der Waals surface area contributed by atoms with Crippen molar-refractivity contribution in [3.63, 3.8) is 0 Å². The van der Waals surface area contributed by atoms with Gasteiger partial charge in [0.2, 0.25) is 5.91 Å². The molecule has 0 spiro atoms. The van der Waals surface area contributed by atoms with Gasteiger partial charge in [0, 0.05) is 12.8 Å². The quantitative estimate of drug-likeness (QED) is 0.793. The number of carboxylic acids is 1. The van der Waals surface area contributed by atoms with E-state index in [2.05, 4.69) is 12.2 Å². The molecule has 0 bridgehead atoms. The molecule has 1 amide bonds. The average Bonchev–Trinajstić information content (AvgIpc) is 2.36. The van der Waals surface area contributed by atoms with E-state index in [0.717, 1.165) is 19.1 Å². The third kappa shape index (κ3) is 3.75. The largest absolute Gasteiger partial charge is 0.481 e. The van der Waals surface area contributed by atoms with E-state index < -0.39 is 31.9 Å². The van der Waals surface area contributed by atoms with Crippen molar-refractivity contribution >= 4 is 21.7 Å². The molecular weight excluding hydrogens is 294 g/mol. The summed E-state index contributed by atoms with van der Waals surface area (Å²) in [6.07, 6.45) is 3.61. The Balaban J connectivity index is 2.80. The van der Waals surface area contributed by atoms with Crippen LogP contribution in [0, 0.1) is 11.3 Å². The molecular formula is C14H25NO5S. The highest BCUT2D eigenvalue weighted by atomic mass is 32.2. The Morgan fingerprint density at radius 2 is 1.76 bits per heavy atom. The maximum atomic E-state index is 12.1. The molecule has 0 unspecified atom stereocenters. The number of aliphatic carboxylic acids is 1. The lowest BCUT2D eigenvalue weighted by Crippen LogP contribution is -2.52. The number of hydrogen-bond donors (Lipinski definition) is 2. The summed E-state index contributed by atoms with van der Waals surface area (Å²) in [5.41, 5.74) is -0.976. The van der Waals surface area contributed by atoms with Crippen molar-refractivity contribution in [1.29, 1.82) is 0 Å². The third-order valence-corrected chi connectivity index (χ3v) is 6.79. The molecule has 0 heterocycles. The second-order valence-corrected chi connectivity index (χ2v) is 9.30. The van der Waals surface area contributed by atoms with Crippen LogP contribution in [-0.4, -0.2) is 42.9 Å². The Morgan fingerprint density at radius 1 is 1.29 bits per heavy atom. The van der Waals surface area contributed by atoms with Crippen molar-refractivity contribution in [1.82, 2.24) is 5.32 Å². The van der Waals surface area contributed by atoms with Crippen molar-refractivity contribution in [3.05, 3.63) is 0 Å². The van der Waals surface area contributed by atoms with Gasteiger partial charge in [0.15, 0.2) is 9.84 Å². The Hall–Kier alpha value is -1.11. The number of nitrogens with one attached hydrogen (secondary N) is 1. The fourth-order valence-corrected chi connectivity index (χ4v) is 2.82. The lowest BCUT2D eigenvalue weighted by atomic mass is 9.70. The second-order valence-electron chi connectivity index (χ2n) is 6.73. The third-order valence-electron chi connectivity index (χ3n) is 4.75. The van der Waals surface area contributed by atoms with Gasteiger partial charge in [-0.25, -0.2) is 8.42 Å². The van der Waals surface area contributed by atoms with Gasteiger partial charge in [-0.2, -0.15) is 0 Å². The molecule has 1 aliphatic rings. The van der Waals surface area contributed by atoms with E-state index in [9.17, 15) is 23.1 Å². The summed E-state index contributed by atoms with van der Waals surface area (Å²) in [5, 5.41) is 12.0. The van der Waals surface area contributed by atoms with Crippen molar-refractivity contribution < 1.29 is 23.1 Å². The Morgan fingerprint density at radius 3 is 2.14 bits per heavy atom. The first-order chi connectivity index (χ1) is 9.42. The Kier molecular flexibility index (Phi) is 5.08. The number of carbonyl (C=O) groups excluding carboxylic acids is 1. The van der Waals surface area contributed by atoms with Crippen LogP contribution in [0.5, 0.6) is 0 Å². The topological polar surface area (TPSA) is 101 Å². The Bertz CT molecular complexity index is 515. The highest BCUT2D eigenvalue weighted by Gasteiger charge is 2.44. The number of carboxylic acid groups (broad SMARTS) is 1. The van der Waals surface area contributed by atoms with E-state index in [-0.39, 0.29) is 6.54 Å². The number of carbonyl (C=O) groups is 2. The summed E-state index contributed by atoms with van der Waals surface area (Å²) in [7, 11) is -3.56. The van der Waals surface area contributed by atoms with E-state index >= 15 is 0 Å². The molecule has 0 saturated heterocycles. The summed E-state index contributed by atoms with van der Waals surface area (Å²) in [5.74, 6) is -1.09. The molecule has 21 heavy (non-hydrogen) atoms. The minimum Gasteiger partial charge on any atom is -0.481 e. The van der Waals surface area contributed by atoms with Crippen molar-refractivity contribution in [2.24, 2.45) is 11.3 Å². The van der Waals surface area contributed by atoms with Crippen LogP contribution >= 0.6 is 0 Å². The lowest BCUT2D eigenvalue weighted by Gasteiger charge is -2.36. The zero-order chi connectivity index (χ0) is 16.5. The van der Waals surface area contributed by atoms with Gasteiger partial charge in [0.25, 0.3) is 0 Å². The van der Waals surface area contributed by atoms with Crippen LogP contribution in [0.15, 0.2) is 0 Å². The fourth-order valence-electron chi connectivity index (χ4n) is 2.41. The van der Waals surface area contributed by atoms with Gasteiger partial charge < -0.3 is 10.4 Å². The summed E-state index contributed by atoms with van der Waals surface area (Å²) < 4.78 is 21.7. The van der Waals surface area contributed by atoms with Crippen LogP contribution in [0.1, 0.15) is 46.5 Å². The summed E-state index contributed by atoms with van der Waals surface area (Å²) in [6, 6.07) is 0. The van der Waals surface area contributed by atoms with Crippen LogP contribution in [0.4, 0.5) is 0 Å². The molecule has 1 aliphatic carbocycles. The summed E-state index contributed by atoms with van der Waals surface area (Å²) >= 11 is 0. The average molecular weight is 319 g/mol. The molecule has 2 N–H and O–H groups in total. The first-order valence-electron chi connectivity index (χ1n) is 7.14. The molecule has 7 heteroatoms. The number of rotatable bonds is 5. The molecule has 0 aliphatic heterocycles. The van der Waals surface area contributed by atoms with Gasteiger partial charge >= 0.3 is 5.97 Å². The number of amides is 1. The van der Waals surface area contributed by atoms with Gasteiger partial charge in [-0.15, -0.1) is 0 Å². The van der Waals surface area contributed by atoms with Gasteiger partial charge in [-0.3, -0.25) is 9.59 Å². The predicted molar refractivity (Wildman–Crippen MR) is 79.6 cm³/mol. The molecule has 0 aromatic carbocycles. The summed E-state index contributed by atoms with van der Waals surface area (Å²) in [4.78, 5) is 23.7. The van der Waals surface area contributed by atoms with Crippen LogP contribution in [0.3, 0.4) is 0 Å². The molecule has 0 aromatic rings. The van der Waals surface area contributed by atoms with Crippen molar-refractivity contribution in [3.8, 4) is 0 Å². The van der Waals surface area contributed by atoms with E-state index in [4.69, 9.17) is 0 Å². The second kappa shape index (κ2) is 5.94. The minimum absolute atomic E-state index is 0.0210. The maximum Gasteiger partial charge on any atom is 0.311 e. The molecule has 1 fully saturated rings. The maximum absolute atomic E-state index is 12.1. The van der Waals surface area contributed by atoms with Gasteiger partial charge in [-0.1, -0.05) is 6.92 Å². The van der Waals surface area contributed by atoms with Crippen molar-refractivity contribution in [2.75, 3.05) is 12.8 Å². The number of hydrogen-bond acceptors (Lipinski definition) is 4. The molecule has 0 aromatic heterocycles. The van der Waals surface area contributed by atoms with Crippen molar-refractivity contribution in [2.45, 2.75) is 51.2 Å². The molecule has 1 saturated carbocycles. The van der Waals surface area contributed by atoms with Crippen LogP contribution in [0.25, 0.3) is 0 Å². The molecule has 0 atom stereocenters. The molecule has 1 rings (SSSR count). The predicted octanol–water partition coefficient (Wildman–Crippen LogP) is 1.21. The number of sulfone groups is 1. The molecule has 6 nitrogen and oxygen atoms in total. The first-order valence-corrected chi connectivity index (χ1v) is 9.03. The van der Waals surface area contributed by atoms with Gasteiger partial charge in [-0.05, 0) is 45.4 Å². The minimum atomic E-state index is -3.56.